The lowest BCUT2D eigenvalue weighted by Crippen LogP contribution is -2.58. The Morgan fingerprint density at radius 2 is 1.51 bits per heavy atom. The number of methoxy groups -OCH3 is 3. The van der Waals surface area contributed by atoms with Crippen LogP contribution in [0.15, 0.2) is 66.7 Å². The molecule has 0 radical (unpaired) electrons. The van der Waals surface area contributed by atoms with E-state index in [4.69, 9.17) is 23.7 Å². The van der Waals surface area contributed by atoms with E-state index in [-0.39, 0.29) is 12.5 Å². The van der Waals surface area contributed by atoms with E-state index < -0.39 is 0 Å². The van der Waals surface area contributed by atoms with Gasteiger partial charge in [-0.25, -0.2) is 0 Å². The molecule has 8 heteroatoms. The van der Waals surface area contributed by atoms with Crippen LogP contribution in [0.25, 0.3) is 22.2 Å². The number of para-hydroxylation sites is 2. The number of rotatable bonds is 8. The molecule has 0 saturated carbocycles. The van der Waals surface area contributed by atoms with E-state index in [0.717, 1.165) is 65.6 Å². The van der Waals surface area contributed by atoms with Crippen LogP contribution in [0.4, 0.5) is 5.69 Å². The maximum Gasteiger partial charge on any atom is 0.173 e. The van der Waals surface area contributed by atoms with E-state index in [1.165, 1.54) is 11.1 Å². The molecule has 2 unspecified atom stereocenters. The Labute approximate surface area is 229 Å². The second kappa shape index (κ2) is 10.8. The Bertz CT molecular complexity index is 1450. The third-order valence-electron chi connectivity index (χ3n) is 7.90. The average molecular weight is 530 g/mol. The highest BCUT2D eigenvalue weighted by molar-refractivity contribution is 5.89. The van der Waals surface area contributed by atoms with Crippen LogP contribution >= 0.6 is 0 Å². The number of hydrogen-bond acceptors (Lipinski definition) is 7. The van der Waals surface area contributed by atoms with Gasteiger partial charge in [0.05, 0.1) is 32.5 Å². The second-order valence-electron chi connectivity index (χ2n) is 9.94. The monoisotopic (exact) mass is 529 g/mol. The molecule has 1 aromatic heterocycles. The molecule has 6 rings (SSSR count). The van der Waals surface area contributed by atoms with E-state index in [9.17, 15) is 0 Å². The number of benzene rings is 3. The van der Waals surface area contributed by atoms with Crippen molar-refractivity contribution in [1.29, 1.82) is 0 Å². The molecule has 2 atom stereocenters. The van der Waals surface area contributed by atoms with E-state index in [1.807, 2.05) is 30.3 Å². The number of piperazine rings is 1. The van der Waals surface area contributed by atoms with Crippen molar-refractivity contribution in [2.75, 3.05) is 52.7 Å². The van der Waals surface area contributed by atoms with E-state index >= 15 is 0 Å². The molecule has 204 valence electrons. The van der Waals surface area contributed by atoms with Crippen molar-refractivity contribution < 1.29 is 23.7 Å². The molecule has 4 aromatic rings. The molecule has 39 heavy (non-hydrogen) atoms. The molecule has 3 aromatic carbocycles. The quantitative estimate of drug-likeness (QED) is 0.322. The van der Waals surface area contributed by atoms with Crippen LogP contribution in [0.2, 0.25) is 0 Å². The first-order valence-corrected chi connectivity index (χ1v) is 13.3. The Morgan fingerprint density at radius 3 is 2.28 bits per heavy atom. The molecule has 0 amide bonds. The normalized spacial score (nSPS) is 19.3. The lowest BCUT2D eigenvalue weighted by molar-refractivity contribution is -0.0379. The van der Waals surface area contributed by atoms with Crippen molar-refractivity contribution in [3.05, 3.63) is 72.3 Å². The van der Waals surface area contributed by atoms with Gasteiger partial charge in [-0.15, -0.1) is 0 Å². The number of ether oxygens (including phenoxy) is 5. The Kier molecular flexibility index (Phi) is 7.08. The molecular formula is C31H35N3O5. The minimum absolute atomic E-state index is 0.104. The van der Waals surface area contributed by atoms with Gasteiger partial charge in [-0.2, -0.15) is 0 Å². The number of aryl methyl sites for hydroxylation is 1. The molecule has 2 saturated heterocycles. The fraction of sp³-hybridized carbons (Fsp3) is 0.355. The highest BCUT2D eigenvalue weighted by Crippen LogP contribution is 2.37. The van der Waals surface area contributed by atoms with Crippen molar-refractivity contribution >= 4 is 16.6 Å². The third kappa shape index (κ3) is 4.69. The molecule has 3 heterocycles. The maximum atomic E-state index is 6.04. The van der Waals surface area contributed by atoms with Crippen molar-refractivity contribution in [1.82, 2.24) is 9.47 Å². The summed E-state index contributed by atoms with van der Waals surface area (Å²) in [6.45, 7) is 2.94. The van der Waals surface area contributed by atoms with Crippen LogP contribution in [0.3, 0.4) is 0 Å². The summed E-state index contributed by atoms with van der Waals surface area (Å²) in [4.78, 5) is 4.65. The minimum Gasteiger partial charge on any atom is -0.495 e. The average Bonchev–Trinajstić information content (AvgIpc) is 3.60. The van der Waals surface area contributed by atoms with Crippen LogP contribution in [-0.4, -0.2) is 69.7 Å². The number of nitrogens with zero attached hydrogens (tertiary/aromatic N) is 3. The van der Waals surface area contributed by atoms with Gasteiger partial charge in [0.15, 0.2) is 30.7 Å². The van der Waals surface area contributed by atoms with Crippen LogP contribution in [0.5, 0.6) is 17.2 Å². The zero-order valence-corrected chi connectivity index (χ0v) is 22.9. The lowest BCUT2D eigenvalue weighted by Gasteiger charge is -2.43. The number of hydrogen-bond donors (Lipinski definition) is 0. The van der Waals surface area contributed by atoms with E-state index in [2.05, 4.69) is 57.8 Å². The summed E-state index contributed by atoms with van der Waals surface area (Å²) in [5, 5.41) is 1.12. The minimum atomic E-state index is -0.152. The zero-order valence-electron chi connectivity index (χ0n) is 22.9. The first-order valence-electron chi connectivity index (χ1n) is 13.3. The van der Waals surface area contributed by atoms with Crippen LogP contribution in [0.1, 0.15) is 5.56 Å². The fourth-order valence-corrected chi connectivity index (χ4v) is 5.78. The summed E-state index contributed by atoms with van der Waals surface area (Å²) in [7, 11) is 7.12. The van der Waals surface area contributed by atoms with Gasteiger partial charge < -0.3 is 33.2 Å². The topological polar surface area (TPSA) is 57.6 Å². The summed E-state index contributed by atoms with van der Waals surface area (Å²) in [6.07, 6.45) is 0.680. The Balaban J connectivity index is 1.14. The summed E-state index contributed by atoms with van der Waals surface area (Å²) >= 11 is 0. The van der Waals surface area contributed by atoms with E-state index in [1.54, 1.807) is 21.3 Å². The molecule has 0 spiro atoms. The maximum absolute atomic E-state index is 6.04. The molecular weight excluding hydrogens is 494 g/mol. The zero-order chi connectivity index (χ0) is 26.9. The molecule has 8 nitrogen and oxygen atoms in total. The predicted octanol–water partition coefficient (Wildman–Crippen LogP) is 4.89. The van der Waals surface area contributed by atoms with Gasteiger partial charge in [0, 0.05) is 43.8 Å². The van der Waals surface area contributed by atoms with Gasteiger partial charge in [-0.3, -0.25) is 4.90 Å². The molecule has 2 aliphatic rings. The highest BCUT2D eigenvalue weighted by Gasteiger charge is 2.42. The number of anilines is 1. The summed E-state index contributed by atoms with van der Waals surface area (Å²) in [5.41, 5.74) is 5.77. The summed E-state index contributed by atoms with van der Waals surface area (Å²) in [6, 6.07) is 23.2. The first kappa shape index (κ1) is 25.6. The lowest BCUT2D eigenvalue weighted by atomic mass is 10.1. The van der Waals surface area contributed by atoms with Gasteiger partial charge in [-0.1, -0.05) is 36.4 Å². The van der Waals surface area contributed by atoms with Crippen molar-refractivity contribution in [2.45, 2.75) is 18.9 Å². The molecule has 0 aliphatic carbocycles. The SMILES string of the molecule is COc1cc2cc(-c3ccc(CCN4CCN(c5ccccc5OC)C5OCOC54)cc3)n(C)c2cc1OC. The van der Waals surface area contributed by atoms with Gasteiger partial charge in [-0.05, 0) is 41.8 Å². The van der Waals surface area contributed by atoms with Gasteiger partial charge in [0.25, 0.3) is 0 Å². The predicted molar refractivity (Wildman–Crippen MR) is 152 cm³/mol. The highest BCUT2D eigenvalue weighted by atomic mass is 16.7. The van der Waals surface area contributed by atoms with Crippen molar-refractivity contribution in [2.24, 2.45) is 7.05 Å². The van der Waals surface area contributed by atoms with Crippen LogP contribution in [0, 0.1) is 0 Å². The Morgan fingerprint density at radius 1 is 0.795 bits per heavy atom. The van der Waals surface area contributed by atoms with Gasteiger partial charge in [0.1, 0.15) is 5.75 Å². The molecule has 2 fully saturated rings. The van der Waals surface area contributed by atoms with Crippen molar-refractivity contribution in [3.63, 3.8) is 0 Å². The molecule has 2 aliphatic heterocycles. The van der Waals surface area contributed by atoms with Crippen LogP contribution < -0.4 is 19.1 Å². The summed E-state index contributed by atoms with van der Waals surface area (Å²) < 4.78 is 30.9. The van der Waals surface area contributed by atoms with Gasteiger partial charge in [0.2, 0.25) is 0 Å². The molecule has 0 bridgehead atoms. The largest absolute Gasteiger partial charge is 0.495 e. The number of fused-ring (bicyclic) bond motifs is 2. The standard InChI is InChI=1S/C31H35N3O5/c1-32-25(17-23-18-28(36-3)29(37-4)19-26(23)32)22-11-9-21(10-12-22)13-14-33-15-16-34(31-30(33)38-20-39-31)24-7-5-6-8-27(24)35-2/h5-12,17-19,30-31H,13-16,20H2,1-4H3. The summed E-state index contributed by atoms with van der Waals surface area (Å²) in [5.74, 6) is 2.32. The second-order valence-corrected chi connectivity index (χ2v) is 9.94. The number of aromatic nitrogens is 1. The van der Waals surface area contributed by atoms with Gasteiger partial charge >= 0.3 is 0 Å². The van der Waals surface area contributed by atoms with E-state index in [0.29, 0.717) is 6.79 Å². The molecule has 0 N–H and O–H groups in total. The third-order valence-corrected chi connectivity index (χ3v) is 7.90. The first-order chi connectivity index (χ1) is 19.1. The Hall–Kier alpha value is -3.72. The van der Waals surface area contributed by atoms with Crippen LogP contribution in [-0.2, 0) is 22.9 Å². The smallest absolute Gasteiger partial charge is 0.173 e. The van der Waals surface area contributed by atoms with Crippen molar-refractivity contribution in [3.8, 4) is 28.5 Å². The fourth-order valence-electron chi connectivity index (χ4n) is 5.78.